The van der Waals surface area contributed by atoms with Crippen LogP contribution in [0.5, 0.6) is 0 Å². The lowest BCUT2D eigenvalue weighted by Gasteiger charge is -2.11. The molecule has 340 valence electrons. The number of hydrogen-bond acceptors (Lipinski definition) is 10. The van der Waals surface area contributed by atoms with Crippen LogP contribution in [-0.2, 0) is 52.9 Å². The first-order chi connectivity index (χ1) is 31.6. The van der Waals surface area contributed by atoms with Crippen LogP contribution in [0.3, 0.4) is 0 Å². The zero-order valence-corrected chi connectivity index (χ0v) is 38.2. The molecule has 3 aliphatic carbocycles. The van der Waals surface area contributed by atoms with E-state index in [1.54, 1.807) is 67.6 Å². The van der Waals surface area contributed by atoms with Crippen LogP contribution < -0.4 is 32.3 Å². The SMILES string of the molecule is CC(=O)NC1Cc2ccc(N)cc2C1.CC(=O)NC1Cc2ccc(NC(=S)NC(=O)c3ccccc3)cc2C1.CC(=O)NC1Cc2ccc([N+](=O)[O-])cc2C1.O=C(N=C=S)c1ccccc1. The van der Waals surface area contributed by atoms with E-state index in [2.05, 4.69) is 43.8 Å². The number of carbonyl (C=O) groups is 5. The molecule has 8 rings (SSSR count). The van der Waals surface area contributed by atoms with Crippen molar-refractivity contribution in [1.82, 2.24) is 21.3 Å². The molecule has 0 saturated heterocycles. The van der Waals surface area contributed by atoms with Crippen LogP contribution in [0.25, 0.3) is 0 Å². The number of hydrogen-bond donors (Lipinski definition) is 6. The molecule has 0 spiro atoms. The van der Waals surface area contributed by atoms with E-state index in [4.69, 9.17) is 18.0 Å². The van der Waals surface area contributed by atoms with Gasteiger partial charge in [0.2, 0.25) is 17.7 Å². The summed E-state index contributed by atoms with van der Waals surface area (Å²) in [5, 5.41) is 27.3. The van der Waals surface area contributed by atoms with Crippen LogP contribution in [-0.4, -0.2) is 62.9 Å². The van der Waals surface area contributed by atoms with Gasteiger partial charge in [-0.15, -0.1) is 0 Å². The highest BCUT2D eigenvalue weighted by Gasteiger charge is 2.25. The lowest BCUT2D eigenvalue weighted by atomic mass is 10.1. The summed E-state index contributed by atoms with van der Waals surface area (Å²) in [6.45, 7) is 4.56. The summed E-state index contributed by atoms with van der Waals surface area (Å²) in [4.78, 5) is 69.6. The molecule has 3 atom stereocenters. The van der Waals surface area contributed by atoms with Crippen molar-refractivity contribution in [3.05, 3.63) is 170 Å². The fourth-order valence-electron chi connectivity index (χ4n) is 7.83. The molecule has 0 saturated carbocycles. The second-order valence-corrected chi connectivity index (χ2v) is 16.4. The number of benzene rings is 5. The maximum Gasteiger partial charge on any atom is 0.285 e. The molecule has 66 heavy (non-hydrogen) atoms. The average molecular weight is 927 g/mol. The second-order valence-electron chi connectivity index (χ2n) is 15.8. The third-order valence-electron chi connectivity index (χ3n) is 10.5. The minimum atomic E-state index is -0.397. The number of non-ortho nitro benzene ring substituents is 1. The third-order valence-corrected chi connectivity index (χ3v) is 10.8. The van der Waals surface area contributed by atoms with Crippen molar-refractivity contribution in [2.24, 2.45) is 4.99 Å². The smallest absolute Gasteiger partial charge is 0.285 e. The second kappa shape index (κ2) is 24.0. The normalized spacial score (nSPS) is 15.5. The lowest BCUT2D eigenvalue weighted by Crippen LogP contribution is -2.34. The van der Waals surface area contributed by atoms with Gasteiger partial charge in [-0.25, -0.2) is 0 Å². The van der Waals surface area contributed by atoms with Crippen molar-refractivity contribution >= 4 is 81.3 Å². The minimum Gasteiger partial charge on any atom is -0.399 e. The topological polar surface area (TPSA) is 227 Å². The van der Waals surface area contributed by atoms with Crippen LogP contribution in [0.2, 0.25) is 0 Å². The molecular formula is C49H50N8O7S2. The zero-order valence-electron chi connectivity index (χ0n) is 36.6. The number of isothiocyanates is 1. The number of amides is 5. The Hall–Kier alpha value is -7.46. The van der Waals surface area contributed by atoms with Gasteiger partial charge in [-0.2, -0.15) is 4.99 Å². The minimum absolute atomic E-state index is 0.0130. The molecule has 0 heterocycles. The molecule has 5 aromatic carbocycles. The quantitative estimate of drug-likeness (QED) is 0.0343. The number of nitrogen functional groups attached to an aromatic ring is 1. The predicted molar refractivity (Wildman–Crippen MR) is 261 cm³/mol. The predicted octanol–water partition coefficient (Wildman–Crippen LogP) is 6.42. The summed E-state index contributed by atoms with van der Waals surface area (Å²) in [5.74, 6) is -0.630. The largest absolute Gasteiger partial charge is 0.399 e. The summed E-state index contributed by atoms with van der Waals surface area (Å²) in [7, 11) is 0. The number of aliphatic imine (C=N–C) groups is 1. The van der Waals surface area contributed by atoms with Crippen LogP contribution >= 0.6 is 24.4 Å². The number of nitro groups is 1. The van der Waals surface area contributed by atoms with E-state index in [0.717, 1.165) is 54.6 Å². The Morgan fingerprint density at radius 1 is 0.621 bits per heavy atom. The maximum atomic E-state index is 12.1. The van der Waals surface area contributed by atoms with E-state index in [-0.39, 0.29) is 58.5 Å². The number of anilines is 2. The van der Waals surface area contributed by atoms with Crippen molar-refractivity contribution in [2.45, 2.75) is 77.4 Å². The number of fused-ring (bicyclic) bond motifs is 3. The van der Waals surface area contributed by atoms with Crippen molar-refractivity contribution in [1.29, 1.82) is 0 Å². The fraction of sp³-hybridized carbons (Fsp3) is 0.245. The molecule has 17 heteroatoms. The molecule has 5 aromatic rings. The molecular weight excluding hydrogens is 877 g/mol. The van der Waals surface area contributed by atoms with Crippen molar-refractivity contribution in [3.8, 4) is 0 Å². The van der Waals surface area contributed by atoms with Gasteiger partial charge in [-0.3, -0.25) is 39.4 Å². The maximum absolute atomic E-state index is 12.1. The van der Waals surface area contributed by atoms with Crippen LogP contribution in [0.15, 0.2) is 120 Å². The molecule has 0 aromatic heterocycles. The number of nitrogens with two attached hydrogens (primary N) is 1. The molecule has 3 unspecified atom stereocenters. The Kier molecular flexibility index (Phi) is 18.0. The van der Waals surface area contributed by atoms with Crippen molar-refractivity contribution in [3.63, 3.8) is 0 Å². The molecule has 3 aliphatic rings. The molecule has 0 radical (unpaired) electrons. The summed E-state index contributed by atoms with van der Waals surface area (Å²) in [5.41, 5.74) is 15.5. The summed E-state index contributed by atoms with van der Waals surface area (Å²) in [6, 6.07) is 34.9. The van der Waals surface area contributed by atoms with E-state index in [0.29, 0.717) is 17.5 Å². The number of nitro benzene ring substituents is 1. The summed E-state index contributed by atoms with van der Waals surface area (Å²) < 4.78 is 0. The first-order valence-electron chi connectivity index (χ1n) is 21.0. The lowest BCUT2D eigenvalue weighted by molar-refractivity contribution is -0.384. The van der Waals surface area contributed by atoms with Gasteiger partial charge in [-0.1, -0.05) is 54.6 Å². The highest BCUT2D eigenvalue weighted by molar-refractivity contribution is 7.80. The first-order valence-corrected chi connectivity index (χ1v) is 21.8. The van der Waals surface area contributed by atoms with Crippen LogP contribution in [0.1, 0.15) is 74.9 Å². The van der Waals surface area contributed by atoms with Gasteiger partial charge < -0.3 is 27.0 Å². The highest BCUT2D eigenvalue weighted by Crippen LogP contribution is 2.28. The van der Waals surface area contributed by atoms with Gasteiger partial charge in [0.15, 0.2) is 5.11 Å². The van der Waals surface area contributed by atoms with Crippen LogP contribution in [0, 0.1) is 10.1 Å². The van der Waals surface area contributed by atoms with Gasteiger partial charge in [0.25, 0.3) is 17.5 Å². The van der Waals surface area contributed by atoms with Gasteiger partial charge in [-0.05, 0) is 145 Å². The van der Waals surface area contributed by atoms with E-state index < -0.39 is 4.92 Å². The molecule has 0 fully saturated rings. The zero-order chi connectivity index (χ0) is 47.8. The van der Waals surface area contributed by atoms with Crippen molar-refractivity contribution in [2.75, 3.05) is 11.1 Å². The van der Waals surface area contributed by atoms with Crippen LogP contribution in [0.4, 0.5) is 17.1 Å². The number of rotatable bonds is 7. The summed E-state index contributed by atoms with van der Waals surface area (Å²) in [6.07, 6.45) is 4.90. The van der Waals surface area contributed by atoms with Crippen molar-refractivity contribution < 1.29 is 28.9 Å². The van der Waals surface area contributed by atoms with E-state index in [1.165, 1.54) is 42.2 Å². The molecule has 15 nitrogen and oxygen atoms in total. The monoisotopic (exact) mass is 926 g/mol. The van der Waals surface area contributed by atoms with E-state index in [9.17, 15) is 34.1 Å². The molecule has 5 amide bonds. The Labute approximate surface area is 393 Å². The van der Waals surface area contributed by atoms with Gasteiger partial charge >= 0.3 is 0 Å². The number of thiocarbonyl (C=S) groups is 2. The number of carbonyl (C=O) groups excluding carboxylic acids is 5. The van der Waals surface area contributed by atoms with E-state index in [1.807, 2.05) is 53.7 Å². The van der Waals surface area contributed by atoms with E-state index >= 15 is 0 Å². The summed E-state index contributed by atoms with van der Waals surface area (Å²) >= 11 is 9.51. The molecule has 0 aliphatic heterocycles. The number of nitrogens with one attached hydrogen (secondary N) is 5. The van der Waals surface area contributed by atoms with Gasteiger partial charge in [0.05, 0.1) is 10.1 Å². The van der Waals surface area contributed by atoms with Gasteiger partial charge in [0, 0.05) is 73.5 Å². The Morgan fingerprint density at radius 3 is 1.55 bits per heavy atom. The van der Waals surface area contributed by atoms with Gasteiger partial charge in [0.1, 0.15) is 0 Å². The Bertz CT molecular complexity index is 2660. The molecule has 0 bridgehead atoms. The third kappa shape index (κ3) is 15.4. The fourth-order valence-corrected chi connectivity index (χ4v) is 8.13. The average Bonchev–Trinajstić information content (AvgIpc) is 3.99. The first kappa shape index (κ1) is 49.6. The Morgan fingerprint density at radius 2 is 1.06 bits per heavy atom. The molecule has 7 N–H and O–H groups in total. The Balaban J connectivity index is 0.000000173. The number of nitrogens with zero attached hydrogens (tertiary/aromatic N) is 2. The standard InChI is InChI=1S/C19H19N3O2S.C11H12N2O3.C11H14N2O.C8H5NOS/c1-12(23)20-17-9-14-7-8-16(10-15(14)11-17)21-19(25)22-18(24)13-5-3-2-4-6-13;1-7(14)12-10-4-8-2-3-11(13(15)16)6-9(8)5-10;1-7(14)13-11-5-8-2-3-10(12)4-9(8)6-11;10-8(9-6-11)7-4-2-1-3-5-7/h2-8,10,17H,9,11H2,1H3,(H,20,23)(H2,21,22,24,25);2-3,6,10H,4-5H2,1H3,(H,12,14);2-4,11H,5-6,12H2,1H3,(H,13,14);1-5H. The highest BCUT2D eigenvalue weighted by atomic mass is 32.1.